The lowest BCUT2D eigenvalue weighted by Gasteiger charge is -2.40. The third kappa shape index (κ3) is 6.36. The number of halogens is 2. The number of ether oxygens (including phenoxy) is 2. The summed E-state index contributed by atoms with van der Waals surface area (Å²) in [6.45, 7) is 6.47. The molecule has 1 saturated heterocycles. The van der Waals surface area contributed by atoms with Crippen molar-refractivity contribution in [2.24, 2.45) is 0 Å². The minimum Gasteiger partial charge on any atom is -0.444 e. The van der Waals surface area contributed by atoms with E-state index in [-0.39, 0.29) is 24.1 Å². The Bertz CT molecular complexity index is 1190. The average Bonchev–Trinajstić information content (AvgIpc) is 3.25. The molecule has 9 nitrogen and oxygen atoms in total. The van der Waals surface area contributed by atoms with Crippen molar-refractivity contribution in [1.82, 2.24) is 20.0 Å². The summed E-state index contributed by atoms with van der Waals surface area (Å²) < 4.78 is 64.4. The first-order valence-electron chi connectivity index (χ1n) is 11.3. The van der Waals surface area contributed by atoms with Crippen molar-refractivity contribution in [3.05, 3.63) is 52.9 Å². The number of nitrogens with zero attached hydrogens (tertiary/aromatic N) is 3. The third-order valence-electron chi connectivity index (χ3n) is 5.86. The lowest BCUT2D eigenvalue weighted by Crippen LogP contribution is -2.52. The van der Waals surface area contributed by atoms with Gasteiger partial charge in [0.1, 0.15) is 29.2 Å². The number of hydrogen-bond donors (Lipinski definition) is 1. The number of aromatic nitrogens is 2. The molecule has 3 atom stereocenters. The van der Waals surface area contributed by atoms with Crippen molar-refractivity contribution in [3.8, 4) is 0 Å². The van der Waals surface area contributed by atoms with E-state index in [0.717, 1.165) is 35.7 Å². The highest BCUT2D eigenvalue weighted by Crippen LogP contribution is 2.35. The first kappa shape index (κ1) is 25.5. The van der Waals surface area contributed by atoms with Crippen molar-refractivity contribution in [1.29, 1.82) is 0 Å². The molecule has 192 valence electrons. The molecule has 0 saturated carbocycles. The number of benzene rings is 1. The van der Waals surface area contributed by atoms with Gasteiger partial charge in [-0.25, -0.2) is 22.0 Å². The number of fused-ring (bicyclic) bond motifs is 1. The molecule has 35 heavy (non-hydrogen) atoms. The number of alkyl carbamates (subject to hydrolysis) is 1. The van der Waals surface area contributed by atoms with Gasteiger partial charge < -0.3 is 14.8 Å². The molecule has 1 aromatic heterocycles. The quantitative estimate of drug-likeness (QED) is 0.657. The Morgan fingerprint density at radius 2 is 2.03 bits per heavy atom. The molecule has 4 rings (SSSR count). The summed E-state index contributed by atoms with van der Waals surface area (Å²) in [7, 11) is -3.21. The van der Waals surface area contributed by atoms with Crippen molar-refractivity contribution in [3.63, 3.8) is 0 Å². The summed E-state index contributed by atoms with van der Waals surface area (Å²) in [6, 6.07) is 2.35. The van der Waals surface area contributed by atoms with Gasteiger partial charge in [0.15, 0.2) is 9.84 Å². The fraction of sp³-hybridized carbons (Fsp3) is 0.565. The minimum atomic E-state index is -3.21. The molecule has 1 aromatic carbocycles. The summed E-state index contributed by atoms with van der Waals surface area (Å²) in [5.41, 5.74) is 1.01. The van der Waals surface area contributed by atoms with E-state index in [2.05, 4.69) is 15.3 Å². The van der Waals surface area contributed by atoms with Gasteiger partial charge in [-0.3, -0.25) is 9.58 Å². The van der Waals surface area contributed by atoms with E-state index in [0.29, 0.717) is 19.5 Å². The molecule has 1 amide bonds. The zero-order valence-electron chi connectivity index (χ0n) is 20.1. The highest BCUT2D eigenvalue weighted by atomic mass is 32.2. The van der Waals surface area contributed by atoms with Crippen molar-refractivity contribution >= 4 is 15.9 Å². The second-order valence-electron chi connectivity index (χ2n) is 10.2. The Labute approximate surface area is 203 Å². The van der Waals surface area contributed by atoms with Crippen LogP contribution in [0.2, 0.25) is 0 Å². The molecule has 0 radical (unpaired) electrons. The molecule has 2 aromatic rings. The maximum absolute atomic E-state index is 14.6. The Morgan fingerprint density at radius 1 is 1.29 bits per heavy atom. The van der Waals surface area contributed by atoms with Crippen LogP contribution in [-0.2, 0) is 38.3 Å². The normalized spacial score (nSPS) is 23.2. The smallest absolute Gasteiger partial charge is 0.407 e. The standard InChI is InChI=1S/C23H30F2N4O5S/c1-23(2,3)34-22(30)26-19-8-16(12-33-21(19)17-7-15(24)5-6-18(17)25)28-9-14-10-29(13-35(4,31)32)27-20(14)11-28/h5-7,10,16,19,21H,8-9,11-13H2,1-4H3,(H,26,30)/t16?,19-,21+/m0/s1. The lowest BCUT2D eigenvalue weighted by atomic mass is 9.92. The zero-order valence-corrected chi connectivity index (χ0v) is 20.9. The Kier molecular flexibility index (Phi) is 6.91. The van der Waals surface area contributed by atoms with Crippen LogP contribution in [-0.4, -0.2) is 59.7 Å². The van der Waals surface area contributed by atoms with Crippen LogP contribution in [0, 0.1) is 11.6 Å². The number of rotatable bonds is 5. The largest absolute Gasteiger partial charge is 0.444 e. The van der Waals surface area contributed by atoms with Crippen LogP contribution >= 0.6 is 0 Å². The number of amides is 1. The molecule has 12 heteroatoms. The predicted octanol–water partition coefficient (Wildman–Crippen LogP) is 2.90. The molecule has 0 bridgehead atoms. The van der Waals surface area contributed by atoms with E-state index >= 15 is 0 Å². The SMILES string of the molecule is CC(C)(C)OC(=O)N[C@H]1CC(N2Cc3cn(CS(C)(=O)=O)nc3C2)CO[C@@H]1c1cc(F)ccc1F. The molecule has 3 heterocycles. The number of sulfone groups is 1. The van der Waals surface area contributed by atoms with Gasteiger partial charge in [0.2, 0.25) is 0 Å². The fourth-order valence-electron chi connectivity index (χ4n) is 4.50. The molecular weight excluding hydrogens is 482 g/mol. The van der Waals surface area contributed by atoms with E-state index in [1.807, 2.05) is 0 Å². The first-order chi connectivity index (χ1) is 16.3. The molecule has 0 aliphatic carbocycles. The van der Waals surface area contributed by atoms with Crippen molar-refractivity contribution in [2.45, 2.75) is 69.9 Å². The number of carbonyl (C=O) groups is 1. The summed E-state index contributed by atoms with van der Waals surface area (Å²) in [4.78, 5) is 14.7. The van der Waals surface area contributed by atoms with Crippen LogP contribution in [0.4, 0.5) is 13.6 Å². The summed E-state index contributed by atoms with van der Waals surface area (Å²) in [5.74, 6) is -1.40. The molecule has 1 unspecified atom stereocenters. The van der Waals surface area contributed by atoms with E-state index in [4.69, 9.17) is 9.47 Å². The van der Waals surface area contributed by atoms with Crippen LogP contribution in [0.3, 0.4) is 0 Å². The van der Waals surface area contributed by atoms with Gasteiger partial charge in [0, 0.05) is 42.7 Å². The van der Waals surface area contributed by atoms with Crippen LogP contribution in [0.25, 0.3) is 0 Å². The fourth-order valence-corrected chi connectivity index (χ4v) is 5.12. The molecule has 0 spiro atoms. The summed E-state index contributed by atoms with van der Waals surface area (Å²) in [6.07, 6.45) is 1.73. The van der Waals surface area contributed by atoms with Gasteiger partial charge in [-0.2, -0.15) is 5.10 Å². The van der Waals surface area contributed by atoms with E-state index in [1.54, 1.807) is 27.0 Å². The Morgan fingerprint density at radius 3 is 2.69 bits per heavy atom. The summed E-state index contributed by atoms with van der Waals surface area (Å²) >= 11 is 0. The second-order valence-corrected chi connectivity index (χ2v) is 12.3. The van der Waals surface area contributed by atoms with Gasteiger partial charge in [0.25, 0.3) is 0 Å². The third-order valence-corrected chi connectivity index (χ3v) is 6.59. The van der Waals surface area contributed by atoms with E-state index in [1.165, 1.54) is 4.68 Å². The Hall–Kier alpha value is -2.57. The van der Waals surface area contributed by atoms with E-state index in [9.17, 15) is 22.0 Å². The molecule has 2 aliphatic heterocycles. The van der Waals surface area contributed by atoms with Crippen LogP contribution < -0.4 is 5.32 Å². The van der Waals surface area contributed by atoms with Crippen molar-refractivity contribution in [2.75, 3.05) is 12.9 Å². The first-order valence-corrected chi connectivity index (χ1v) is 13.4. The number of nitrogens with one attached hydrogen (secondary N) is 1. The maximum Gasteiger partial charge on any atom is 0.407 e. The van der Waals surface area contributed by atoms with E-state index < -0.39 is 45.3 Å². The monoisotopic (exact) mass is 512 g/mol. The molecular formula is C23H30F2N4O5S. The molecule has 1 N–H and O–H groups in total. The highest BCUT2D eigenvalue weighted by molar-refractivity contribution is 7.89. The zero-order chi connectivity index (χ0) is 25.5. The number of hydrogen-bond acceptors (Lipinski definition) is 7. The van der Waals surface area contributed by atoms with Gasteiger partial charge >= 0.3 is 6.09 Å². The van der Waals surface area contributed by atoms with Crippen LogP contribution in [0.15, 0.2) is 24.4 Å². The van der Waals surface area contributed by atoms with Crippen LogP contribution in [0.5, 0.6) is 0 Å². The topological polar surface area (TPSA) is 103 Å². The number of carbonyl (C=O) groups excluding carboxylic acids is 1. The highest BCUT2D eigenvalue weighted by Gasteiger charge is 2.40. The molecule has 2 aliphatic rings. The van der Waals surface area contributed by atoms with Crippen LogP contribution in [0.1, 0.15) is 50.1 Å². The Balaban J connectivity index is 1.50. The van der Waals surface area contributed by atoms with Gasteiger partial charge in [-0.1, -0.05) is 0 Å². The predicted molar refractivity (Wildman–Crippen MR) is 123 cm³/mol. The van der Waals surface area contributed by atoms with Gasteiger partial charge in [0.05, 0.1) is 18.3 Å². The lowest BCUT2D eigenvalue weighted by molar-refractivity contribution is -0.0629. The summed E-state index contributed by atoms with van der Waals surface area (Å²) in [5, 5.41) is 7.17. The van der Waals surface area contributed by atoms with Gasteiger partial charge in [-0.15, -0.1) is 0 Å². The average molecular weight is 513 g/mol. The second kappa shape index (κ2) is 9.47. The van der Waals surface area contributed by atoms with Crippen molar-refractivity contribution < 1.29 is 31.5 Å². The minimum absolute atomic E-state index is 0.0336. The molecule has 1 fully saturated rings. The van der Waals surface area contributed by atoms with Gasteiger partial charge in [-0.05, 0) is 45.4 Å². The maximum atomic E-state index is 14.6.